The van der Waals surface area contributed by atoms with Gasteiger partial charge in [-0.1, -0.05) is 37.3 Å². The zero-order valence-electron chi connectivity index (χ0n) is 10.1. The van der Waals surface area contributed by atoms with Gasteiger partial charge in [-0.3, -0.25) is 0 Å². The molecule has 0 N–H and O–H groups in total. The van der Waals surface area contributed by atoms with Crippen LogP contribution in [0.3, 0.4) is 0 Å². The minimum atomic E-state index is -3.13. The van der Waals surface area contributed by atoms with Crippen molar-refractivity contribution in [2.75, 3.05) is 13.2 Å². The fourth-order valence-electron chi connectivity index (χ4n) is 1.40. The van der Waals surface area contributed by atoms with Gasteiger partial charge in [0.15, 0.2) is 0 Å². The summed E-state index contributed by atoms with van der Waals surface area (Å²) in [4.78, 5) is 0. The third kappa shape index (κ3) is 5.49. The van der Waals surface area contributed by atoms with Crippen LogP contribution in [0.5, 0.6) is 0 Å². The smallest absolute Gasteiger partial charge is 0.274 e. The Morgan fingerprint density at radius 2 is 1.50 bits per heavy atom. The van der Waals surface area contributed by atoms with E-state index in [1.54, 1.807) is 30.3 Å². The molecule has 0 amide bonds. The molecule has 0 saturated carbocycles. The second-order valence-electron chi connectivity index (χ2n) is 4.22. The largest absolute Gasteiger partial charge is 0.369 e. The first-order valence-corrected chi connectivity index (χ1v) is 5.72. The third-order valence-electron chi connectivity index (χ3n) is 2.45. The third-order valence-corrected chi connectivity index (χ3v) is 2.45. The molecule has 0 atom stereocenters. The van der Waals surface area contributed by atoms with E-state index >= 15 is 0 Å². The molecule has 0 unspecified atom stereocenters. The molecule has 1 rings (SSSR count). The van der Waals surface area contributed by atoms with Crippen molar-refractivity contribution in [3.63, 3.8) is 0 Å². The van der Waals surface area contributed by atoms with Crippen molar-refractivity contribution < 1.29 is 22.3 Å². The summed E-state index contributed by atoms with van der Waals surface area (Å²) in [5.41, 5.74) is 0.452. The molecule has 0 spiro atoms. The SMILES string of the molecule is CCC(F)(F)COCC(F)(F)Cc1ccccc1. The van der Waals surface area contributed by atoms with Crippen LogP contribution in [0.25, 0.3) is 0 Å². The molecule has 1 aromatic rings. The van der Waals surface area contributed by atoms with E-state index in [-0.39, 0.29) is 0 Å². The Bertz CT molecular complexity index is 351. The van der Waals surface area contributed by atoms with Gasteiger partial charge < -0.3 is 4.74 Å². The van der Waals surface area contributed by atoms with E-state index < -0.39 is 37.9 Å². The molecule has 0 aromatic heterocycles. The van der Waals surface area contributed by atoms with Crippen LogP contribution in [0.2, 0.25) is 0 Å². The maximum atomic E-state index is 13.4. The van der Waals surface area contributed by atoms with Gasteiger partial charge in [-0.15, -0.1) is 0 Å². The molecule has 0 fully saturated rings. The zero-order chi connectivity index (χ0) is 13.6. The Kier molecular flexibility index (Phi) is 5.14. The second kappa shape index (κ2) is 6.18. The van der Waals surface area contributed by atoms with Crippen LogP contribution in [0.1, 0.15) is 18.9 Å². The van der Waals surface area contributed by atoms with E-state index in [0.29, 0.717) is 5.56 Å². The van der Waals surface area contributed by atoms with Crippen molar-refractivity contribution in [3.8, 4) is 0 Å². The molecule has 0 bridgehead atoms. The summed E-state index contributed by atoms with van der Waals surface area (Å²) in [6.45, 7) is -0.670. The van der Waals surface area contributed by atoms with Crippen molar-refractivity contribution in [3.05, 3.63) is 35.9 Å². The Morgan fingerprint density at radius 3 is 2.06 bits per heavy atom. The maximum Gasteiger partial charge on any atom is 0.274 e. The van der Waals surface area contributed by atoms with Crippen molar-refractivity contribution in [1.29, 1.82) is 0 Å². The molecule has 18 heavy (non-hydrogen) atoms. The highest BCUT2D eigenvalue weighted by Crippen LogP contribution is 2.23. The first kappa shape index (κ1) is 15.0. The predicted molar refractivity (Wildman–Crippen MR) is 61.2 cm³/mol. The number of ether oxygens (including phenoxy) is 1. The Morgan fingerprint density at radius 1 is 0.944 bits per heavy atom. The molecule has 0 radical (unpaired) electrons. The van der Waals surface area contributed by atoms with Gasteiger partial charge in [0.2, 0.25) is 0 Å². The molecule has 0 aliphatic rings. The van der Waals surface area contributed by atoms with Crippen molar-refractivity contribution in [2.24, 2.45) is 0 Å². The van der Waals surface area contributed by atoms with Gasteiger partial charge in [-0.25, -0.2) is 17.6 Å². The molecule has 1 nitrogen and oxygen atoms in total. The lowest BCUT2D eigenvalue weighted by molar-refractivity contribution is -0.129. The molecular weight excluding hydrogens is 248 g/mol. The average Bonchev–Trinajstić information content (AvgIpc) is 2.29. The highest BCUT2D eigenvalue weighted by molar-refractivity contribution is 5.16. The lowest BCUT2D eigenvalue weighted by atomic mass is 10.1. The summed E-state index contributed by atoms with van der Waals surface area (Å²) in [6, 6.07) is 8.15. The Hall–Kier alpha value is -1.10. The fraction of sp³-hybridized carbons (Fsp3) is 0.538. The molecule has 5 heteroatoms. The summed E-state index contributed by atoms with van der Waals surface area (Å²) in [5, 5.41) is 0. The van der Waals surface area contributed by atoms with Gasteiger partial charge in [0.25, 0.3) is 11.8 Å². The summed E-state index contributed by atoms with van der Waals surface area (Å²) in [6.07, 6.45) is -0.928. The second-order valence-corrected chi connectivity index (χ2v) is 4.22. The number of alkyl halides is 4. The van der Waals surface area contributed by atoms with Crippen LogP contribution >= 0.6 is 0 Å². The molecule has 0 saturated heterocycles. The molecule has 0 heterocycles. The topological polar surface area (TPSA) is 9.23 Å². The van der Waals surface area contributed by atoms with Gasteiger partial charge in [0.1, 0.15) is 13.2 Å². The molecule has 0 aliphatic carbocycles. The highest BCUT2D eigenvalue weighted by atomic mass is 19.3. The molecule has 0 aliphatic heterocycles. The summed E-state index contributed by atoms with van der Waals surface area (Å²) in [7, 11) is 0. The fourth-order valence-corrected chi connectivity index (χ4v) is 1.40. The van der Waals surface area contributed by atoms with Crippen LogP contribution in [0, 0.1) is 0 Å². The normalized spacial score (nSPS) is 12.7. The number of hydrogen-bond acceptors (Lipinski definition) is 1. The van der Waals surface area contributed by atoms with E-state index in [2.05, 4.69) is 4.74 Å². The van der Waals surface area contributed by atoms with Gasteiger partial charge in [0.05, 0.1) is 0 Å². The van der Waals surface area contributed by atoms with Gasteiger partial charge in [-0.2, -0.15) is 0 Å². The maximum absolute atomic E-state index is 13.4. The van der Waals surface area contributed by atoms with Gasteiger partial charge >= 0.3 is 0 Å². The highest BCUT2D eigenvalue weighted by Gasteiger charge is 2.33. The Balaban J connectivity index is 2.41. The predicted octanol–water partition coefficient (Wildman–Crippen LogP) is 3.93. The standard InChI is InChI=1S/C13H16F4O/c1-2-12(14,15)9-18-10-13(16,17)8-11-6-4-3-5-7-11/h3-7H,2,8-10H2,1H3. The van der Waals surface area contributed by atoms with E-state index in [4.69, 9.17) is 0 Å². The van der Waals surface area contributed by atoms with E-state index in [0.717, 1.165) is 0 Å². The van der Waals surface area contributed by atoms with Crippen LogP contribution in [-0.2, 0) is 11.2 Å². The quantitative estimate of drug-likeness (QED) is 0.678. The number of benzene rings is 1. The first-order chi connectivity index (χ1) is 8.35. The average molecular weight is 264 g/mol. The monoisotopic (exact) mass is 264 g/mol. The van der Waals surface area contributed by atoms with Crippen LogP contribution < -0.4 is 0 Å². The Labute approximate surface area is 104 Å². The summed E-state index contributed by atoms with van der Waals surface area (Å²) < 4.78 is 56.8. The van der Waals surface area contributed by atoms with Crippen LogP contribution in [0.4, 0.5) is 17.6 Å². The van der Waals surface area contributed by atoms with E-state index in [1.165, 1.54) is 6.92 Å². The first-order valence-electron chi connectivity index (χ1n) is 5.72. The van der Waals surface area contributed by atoms with Crippen LogP contribution in [0.15, 0.2) is 30.3 Å². The van der Waals surface area contributed by atoms with Crippen molar-refractivity contribution in [1.82, 2.24) is 0 Å². The van der Waals surface area contributed by atoms with Crippen molar-refractivity contribution in [2.45, 2.75) is 31.6 Å². The minimum Gasteiger partial charge on any atom is -0.369 e. The number of rotatable bonds is 7. The number of hydrogen-bond donors (Lipinski definition) is 0. The summed E-state index contributed by atoms with van der Waals surface area (Å²) >= 11 is 0. The number of halogens is 4. The van der Waals surface area contributed by atoms with Gasteiger partial charge in [0, 0.05) is 12.8 Å². The lowest BCUT2D eigenvalue weighted by Crippen LogP contribution is -2.31. The minimum absolute atomic E-state index is 0.419. The van der Waals surface area contributed by atoms with E-state index in [1.807, 2.05) is 0 Å². The molecule has 102 valence electrons. The van der Waals surface area contributed by atoms with E-state index in [9.17, 15) is 17.6 Å². The molecule has 1 aromatic carbocycles. The van der Waals surface area contributed by atoms with Crippen molar-refractivity contribution >= 4 is 0 Å². The molecular formula is C13H16F4O. The summed E-state index contributed by atoms with van der Waals surface area (Å²) in [5.74, 6) is -6.17. The van der Waals surface area contributed by atoms with Crippen LogP contribution in [-0.4, -0.2) is 25.1 Å². The zero-order valence-corrected chi connectivity index (χ0v) is 10.1. The van der Waals surface area contributed by atoms with Gasteiger partial charge in [-0.05, 0) is 5.56 Å². The lowest BCUT2D eigenvalue weighted by Gasteiger charge is -2.19.